The first kappa shape index (κ1) is 23.0. The number of pyridine rings is 1. The molecule has 0 amide bonds. The predicted molar refractivity (Wildman–Crippen MR) is 132 cm³/mol. The second kappa shape index (κ2) is 11.1. The lowest BCUT2D eigenvalue weighted by molar-refractivity contribution is 0.612. The summed E-state index contributed by atoms with van der Waals surface area (Å²) in [5.41, 5.74) is 2.05. The van der Waals surface area contributed by atoms with Crippen LogP contribution in [-0.4, -0.2) is 46.4 Å². The van der Waals surface area contributed by atoms with Crippen molar-refractivity contribution in [1.82, 2.24) is 25.4 Å². The van der Waals surface area contributed by atoms with Crippen molar-refractivity contribution in [1.29, 1.82) is 0 Å². The van der Waals surface area contributed by atoms with Crippen molar-refractivity contribution >= 4 is 35.8 Å². The quantitative estimate of drug-likeness (QED) is 0.288. The van der Waals surface area contributed by atoms with Crippen molar-refractivity contribution in [2.45, 2.75) is 25.9 Å². The molecule has 1 aliphatic heterocycles. The third-order valence-electron chi connectivity index (χ3n) is 4.99. The molecule has 9 heteroatoms. The molecule has 4 rings (SSSR count). The standard InChI is InChI=1S/C22H26FN7.HI/c1-2-24-22(26-13-17-14-27-30(15-17)19-7-4-3-5-8-19)28-18-10-12-29(16-18)21-20(23)9-6-11-25-21;/h3-9,11,14-15,18H,2,10,12-13,16H2,1H3,(H2,24,26,28);1H. The van der Waals surface area contributed by atoms with E-state index in [1.54, 1.807) is 12.3 Å². The van der Waals surface area contributed by atoms with E-state index in [9.17, 15) is 4.39 Å². The zero-order chi connectivity index (χ0) is 20.8. The molecule has 3 aromatic rings. The first-order valence-corrected chi connectivity index (χ1v) is 10.2. The summed E-state index contributed by atoms with van der Waals surface area (Å²) in [6, 6.07) is 13.2. The number of nitrogens with one attached hydrogen (secondary N) is 2. The number of benzene rings is 1. The molecular formula is C22H27FIN7. The van der Waals surface area contributed by atoms with Crippen molar-refractivity contribution in [3.05, 3.63) is 72.4 Å². The first-order valence-electron chi connectivity index (χ1n) is 10.2. The number of guanidine groups is 1. The Balaban J connectivity index is 0.00000272. The Morgan fingerprint density at radius 3 is 2.84 bits per heavy atom. The van der Waals surface area contributed by atoms with Crippen molar-refractivity contribution in [3.63, 3.8) is 0 Å². The molecule has 1 aromatic carbocycles. The number of para-hydroxylation sites is 1. The molecule has 0 radical (unpaired) electrons. The Hall–Kier alpha value is -2.69. The van der Waals surface area contributed by atoms with Gasteiger partial charge in [0.15, 0.2) is 17.6 Å². The monoisotopic (exact) mass is 535 g/mol. The fourth-order valence-corrected chi connectivity index (χ4v) is 3.53. The Bertz CT molecular complexity index is 992. The molecule has 3 heterocycles. The van der Waals surface area contributed by atoms with E-state index >= 15 is 0 Å². The maximum absolute atomic E-state index is 14.0. The molecule has 2 N–H and O–H groups in total. The van der Waals surface area contributed by atoms with Crippen molar-refractivity contribution in [2.24, 2.45) is 4.99 Å². The molecule has 1 unspecified atom stereocenters. The Labute approximate surface area is 198 Å². The van der Waals surface area contributed by atoms with Gasteiger partial charge in [0.05, 0.1) is 18.4 Å². The lowest BCUT2D eigenvalue weighted by Gasteiger charge is -2.19. The van der Waals surface area contributed by atoms with Gasteiger partial charge in [-0.05, 0) is 37.6 Å². The van der Waals surface area contributed by atoms with Gasteiger partial charge < -0.3 is 15.5 Å². The van der Waals surface area contributed by atoms with E-state index in [0.29, 0.717) is 18.9 Å². The van der Waals surface area contributed by atoms with Gasteiger partial charge in [0, 0.05) is 43.6 Å². The van der Waals surface area contributed by atoms with Crippen LogP contribution in [0.1, 0.15) is 18.9 Å². The van der Waals surface area contributed by atoms with Gasteiger partial charge in [0.25, 0.3) is 0 Å². The zero-order valence-electron chi connectivity index (χ0n) is 17.4. The average molecular weight is 535 g/mol. The van der Waals surface area contributed by atoms with E-state index < -0.39 is 0 Å². The molecule has 1 fully saturated rings. The Morgan fingerprint density at radius 1 is 1.23 bits per heavy atom. The van der Waals surface area contributed by atoms with Crippen molar-refractivity contribution in [3.8, 4) is 5.69 Å². The molecule has 7 nitrogen and oxygen atoms in total. The van der Waals surface area contributed by atoms with E-state index in [1.807, 2.05) is 59.2 Å². The predicted octanol–water partition coefficient (Wildman–Crippen LogP) is 3.36. The molecule has 0 aliphatic carbocycles. The van der Waals surface area contributed by atoms with Gasteiger partial charge in [-0.1, -0.05) is 18.2 Å². The van der Waals surface area contributed by atoms with Crippen LogP contribution >= 0.6 is 24.0 Å². The van der Waals surface area contributed by atoms with Crippen LogP contribution in [0.4, 0.5) is 10.2 Å². The largest absolute Gasteiger partial charge is 0.357 e. The van der Waals surface area contributed by atoms with Gasteiger partial charge in [0.1, 0.15) is 0 Å². The number of aliphatic imine (C=N–C) groups is 1. The molecule has 164 valence electrons. The minimum absolute atomic E-state index is 0. The Kier molecular flexibility index (Phi) is 8.21. The third kappa shape index (κ3) is 5.93. The van der Waals surface area contributed by atoms with Crippen LogP contribution in [0.5, 0.6) is 0 Å². The number of hydrogen-bond acceptors (Lipinski definition) is 4. The van der Waals surface area contributed by atoms with Crippen LogP contribution in [-0.2, 0) is 6.54 Å². The van der Waals surface area contributed by atoms with Crippen LogP contribution in [0.2, 0.25) is 0 Å². The van der Waals surface area contributed by atoms with Crippen LogP contribution in [0, 0.1) is 5.82 Å². The van der Waals surface area contributed by atoms with Gasteiger partial charge >= 0.3 is 0 Å². The van der Waals surface area contributed by atoms with Gasteiger partial charge in [0.2, 0.25) is 0 Å². The molecule has 31 heavy (non-hydrogen) atoms. The molecule has 1 saturated heterocycles. The highest BCUT2D eigenvalue weighted by Crippen LogP contribution is 2.20. The van der Waals surface area contributed by atoms with E-state index in [4.69, 9.17) is 4.99 Å². The Morgan fingerprint density at radius 2 is 2.06 bits per heavy atom. The minimum atomic E-state index is -0.283. The van der Waals surface area contributed by atoms with Crippen LogP contribution in [0.3, 0.4) is 0 Å². The smallest absolute Gasteiger partial charge is 0.191 e. The van der Waals surface area contributed by atoms with Crippen LogP contribution < -0.4 is 15.5 Å². The summed E-state index contributed by atoms with van der Waals surface area (Å²) in [5, 5.41) is 11.2. The summed E-state index contributed by atoms with van der Waals surface area (Å²) < 4.78 is 15.9. The van der Waals surface area contributed by atoms with E-state index in [-0.39, 0.29) is 35.8 Å². The number of hydrogen-bond donors (Lipinski definition) is 2. The lowest BCUT2D eigenvalue weighted by Crippen LogP contribution is -2.44. The highest BCUT2D eigenvalue weighted by molar-refractivity contribution is 14.0. The highest BCUT2D eigenvalue weighted by Gasteiger charge is 2.25. The summed E-state index contributed by atoms with van der Waals surface area (Å²) >= 11 is 0. The molecule has 0 saturated carbocycles. The van der Waals surface area contributed by atoms with Crippen molar-refractivity contribution < 1.29 is 4.39 Å². The third-order valence-corrected chi connectivity index (χ3v) is 4.99. The van der Waals surface area contributed by atoms with Gasteiger partial charge in [-0.15, -0.1) is 24.0 Å². The summed E-state index contributed by atoms with van der Waals surface area (Å²) in [6.45, 7) is 4.77. The fraction of sp³-hybridized carbons (Fsp3) is 0.318. The topological polar surface area (TPSA) is 70.4 Å². The number of anilines is 1. The SMILES string of the molecule is CCNC(=NCc1cnn(-c2ccccc2)c1)NC1CCN(c2ncccc2F)C1.I. The fourth-order valence-electron chi connectivity index (χ4n) is 3.53. The molecule has 2 aromatic heterocycles. The average Bonchev–Trinajstić information content (AvgIpc) is 3.43. The van der Waals surface area contributed by atoms with E-state index in [1.165, 1.54) is 6.07 Å². The summed E-state index contributed by atoms with van der Waals surface area (Å²) in [4.78, 5) is 10.9. The second-order valence-corrected chi connectivity index (χ2v) is 7.21. The molecule has 1 atom stereocenters. The maximum atomic E-state index is 14.0. The summed E-state index contributed by atoms with van der Waals surface area (Å²) in [7, 11) is 0. The van der Waals surface area contributed by atoms with Crippen LogP contribution in [0.15, 0.2) is 66.0 Å². The van der Waals surface area contributed by atoms with Gasteiger partial charge in [-0.2, -0.15) is 5.10 Å². The van der Waals surface area contributed by atoms with E-state index in [0.717, 1.165) is 36.7 Å². The number of halogens is 2. The number of aromatic nitrogens is 3. The lowest BCUT2D eigenvalue weighted by atomic mass is 10.3. The molecular weight excluding hydrogens is 508 g/mol. The minimum Gasteiger partial charge on any atom is -0.357 e. The number of rotatable bonds is 6. The summed E-state index contributed by atoms with van der Waals surface area (Å²) in [5.74, 6) is 0.879. The van der Waals surface area contributed by atoms with E-state index in [2.05, 4.69) is 20.7 Å². The summed E-state index contributed by atoms with van der Waals surface area (Å²) in [6.07, 6.45) is 6.34. The maximum Gasteiger partial charge on any atom is 0.191 e. The first-order chi connectivity index (χ1) is 14.7. The molecule has 0 spiro atoms. The normalized spacial score (nSPS) is 16.1. The molecule has 0 bridgehead atoms. The van der Waals surface area contributed by atoms with Gasteiger partial charge in [-0.25, -0.2) is 19.0 Å². The van der Waals surface area contributed by atoms with Crippen LogP contribution in [0.25, 0.3) is 5.69 Å². The van der Waals surface area contributed by atoms with Crippen molar-refractivity contribution in [2.75, 3.05) is 24.5 Å². The zero-order valence-corrected chi connectivity index (χ0v) is 19.7. The number of nitrogens with zero attached hydrogens (tertiary/aromatic N) is 5. The molecule has 1 aliphatic rings. The second-order valence-electron chi connectivity index (χ2n) is 7.21. The highest BCUT2D eigenvalue weighted by atomic mass is 127. The van der Waals surface area contributed by atoms with Gasteiger partial charge in [-0.3, -0.25) is 0 Å².